The summed E-state index contributed by atoms with van der Waals surface area (Å²) in [6, 6.07) is 0. The predicted molar refractivity (Wildman–Crippen MR) is 39.6 cm³/mol. The zero-order valence-electron chi connectivity index (χ0n) is 7.25. The van der Waals surface area contributed by atoms with Gasteiger partial charge in [-0.15, -0.1) is 0 Å². The van der Waals surface area contributed by atoms with Crippen LogP contribution in [0.4, 0.5) is 13.2 Å². The average Bonchev–Trinajstić information content (AvgIpc) is 2.00. The molecule has 0 unspecified atom stereocenters. The molecular formula is C5H8F3NO4S. The number of nitrogens with one attached hydrogen (secondary N) is 1. The molecule has 0 aliphatic carbocycles. The largest absolute Gasteiger partial charge is 0.523 e. The molecule has 0 saturated carbocycles. The Morgan fingerprint density at radius 3 is 2.14 bits per heavy atom. The zero-order chi connectivity index (χ0) is 11.6. The topological polar surface area (TPSA) is 72.5 Å². The van der Waals surface area contributed by atoms with Crippen LogP contribution < -0.4 is 5.32 Å². The quantitative estimate of drug-likeness (QED) is 0.551. The minimum atomic E-state index is -5.71. The van der Waals surface area contributed by atoms with Gasteiger partial charge < -0.3 is 5.32 Å². The van der Waals surface area contributed by atoms with Crippen LogP contribution in [0.2, 0.25) is 0 Å². The molecular weight excluding hydrogens is 227 g/mol. The molecule has 0 rings (SSSR count). The van der Waals surface area contributed by atoms with Gasteiger partial charge in [0, 0.05) is 7.05 Å². The first-order valence-electron chi connectivity index (χ1n) is 3.33. The van der Waals surface area contributed by atoms with E-state index in [0.29, 0.717) is 0 Å². The number of carbonyl (C=O) groups excluding carboxylic acids is 1. The smallest absolute Gasteiger partial charge is 0.357 e. The van der Waals surface area contributed by atoms with E-state index in [1.54, 1.807) is 0 Å². The summed E-state index contributed by atoms with van der Waals surface area (Å²) in [7, 11) is -4.57. The van der Waals surface area contributed by atoms with Gasteiger partial charge in [0.2, 0.25) is 5.91 Å². The Bertz CT molecular complexity index is 309. The zero-order valence-corrected chi connectivity index (χ0v) is 8.07. The number of halogens is 3. The molecule has 0 saturated heterocycles. The maximum atomic E-state index is 11.7. The molecule has 1 N–H and O–H groups in total. The molecule has 1 atom stereocenters. The van der Waals surface area contributed by atoms with E-state index in [0.717, 1.165) is 14.0 Å². The van der Waals surface area contributed by atoms with Gasteiger partial charge in [-0.3, -0.25) is 8.98 Å². The highest BCUT2D eigenvalue weighted by Gasteiger charge is 2.48. The number of carbonyl (C=O) groups is 1. The second kappa shape index (κ2) is 4.13. The van der Waals surface area contributed by atoms with E-state index in [-0.39, 0.29) is 0 Å². The molecule has 0 spiro atoms. The van der Waals surface area contributed by atoms with E-state index in [9.17, 15) is 26.4 Å². The van der Waals surface area contributed by atoms with Crippen LogP contribution in [0.5, 0.6) is 0 Å². The van der Waals surface area contributed by atoms with Crippen molar-refractivity contribution in [2.45, 2.75) is 18.5 Å². The lowest BCUT2D eigenvalue weighted by atomic mass is 10.4. The standard InChI is InChI=1S/C5H8F3NO4S/c1-3(4(10)9-2)13-14(11,12)5(6,7)8/h3H,1-2H3,(H,9,10)/t3-/m1/s1. The predicted octanol–water partition coefficient (Wildman–Crippen LogP) is -0.0129. The Morgan fingerprint density at radius 2 is 1.86 bits per heavy atom. The SMILES string of the molecule is CNC(=O)[C@@H](C)OS(=O)(=O)C(F)(F)F. The van der Waals surface area contributed by atoms with Gasteiger partial charge in [-0.1, -0.05) is 0 Å². The van der Waals surface area contributed by atoms with E-state index < -0.39 is 27.6 Å². The third-order valence-corrected chi connectivity index (χ3v) is 2.28. The fraction of sp³-hybridized carbons (Fsp3) is 0.800. The first-order valence-corrected chi connectivity index (χ1v) is 4.74. The van der Waals surface area contributed by atoms with Gasteiger partial charge in [-0.25, -0.2) is 0 Å². The Hall–Kier alpha value is -0.830. The fourth-order valence-corrected chi connectivity index (χ4v) is 1.07. The van der Waals surface area contributed by atoms with E-state index in [1.165, 1.54) is 0 Å². The van der Waals surface area contributed by atoms with Crippen LogP contribution in [0, 0.1) is 0 Å². The van der Waals surface area contributed by atoms with Gasteiger partial charge in [-0.05, 0) is 6.92 Å². The van der Waals surface area contributed by atoms with Crippen LogP contribution in [0.1, 0.15) is 6.92 Å². The van der Waals surface area contributed by atoms with Crippen LogP contribution in [0.25, 0.3) is 0 Å². The molecule has 0 fully saturated rings. The molecule has 0 aliphatic heterocycles. The normalized spacial score (nSPS) is 14.9. The van der Waals surface area contributed by atoms with Gasteiger partial charge in [-0.2, -0.15) is 21.6 Å². The first-order chi connectivity index (χ1) is 6.12. The van der Waals surface area contributed by atoms with E-state index >= 15 is 0 Å². The minimum absolute atomic E-state index is 0.891. The molecule has 0 aromatic heterocycles. The van der Waals surface area contributed by atoms with Crippen molar-refractivity contribution in [3.8, 4) is 0 Å². The minimum Gasteiger partial charge on any atom is -0.357 e. The molecule has 84 valence electrons. The average molecular weight is 235 g/mol. The summed E-state index contributed by atoms with van der Waals surface area (Å²) in [5.41, 5.74) is -5.52. The Balaban J connectivity index is 4.63. The second-order valence-corrected chi connectivity index (χ2v) is 3.82. The molecule has 0 aliphatic rings. The molecule has 0 heterocycles. The highest BCUT2D eigenvalue weighted by Crippen LogP contribution is 2.25. The Labute approximate surface area is 78.4 Å². The molecule has 0 aromatic rings. The van der Waals surface area contributed by atoms with Crippen molar-refractivity contribution in [3.63, 3.8) is 0 Å². The summed E-state index contributed by atoms with van der Waals surface area (Å²) in [4.78, 5) is 10.6. The highest BCUT2D eigenvalue weighted by molar-refractivity contribution is 7.87. The maximum Gasteiger partial charge on any atom is 0.523 e. The Morgan fingerprint density at radius 1 is 1.43 bits per heavy atom. The number of amides is 1. The lowest BCUT2D eigenvalue weighted by molar-refractivity contribution is -0.127. The van der Waals surface area contributed by atoms with E-state index in [1.807, 2.05) is 5.32 Å². The third kappa shape index (κ3) is 3.14. The van der Waals surface area contributed by atoms with Crippen molar-refractivity contribution in [3.05, 3.63) is 0 Å². The van der Waals surface area contributed by atoms with Gasteiger partial charge in [0.1, 0.15) is 0 Å². The summed E-state index contributed by atoms with van der Waals surface area (Å²) in [5.74, 6) is -0.960. The second-order valence-electron chi connectivity index (χ2n) is 2.25. The summed E-state index contributed by atoms with van der Waals surface area (Å²) < 4.78 is 59.5. The molecule has 1 amide bonds. The van der Waals surface area contributed by atoms with Crippen molar-refractivity contribution in [2.24, 2.45) is 0 Å². The van der Waals surface area contributed by atoms with Crippen LogP contribution >= 0.6 is 0 Å². The van der Waals surface area contributed by atoms with Crippen LogP contribution in [-0.2, 0) is 19.1 Å². The summed E-state index contributed by atoms with van der Waals surface area (Å²) >= 11 is 0. The molecule has 0 bridgehead atoms. The van der Waals surface area contributed by atoms with Crippen LogP contribution in [0.15, 0.2) is 0 Å². The number of alkyl halides is 3. The molecule has 0 aromatic carbocycles. The summed E-state index contributed by atoms with van der Waals surface area (Å²) in [5, 5.41) is 1.94. The van der Waals surface area contributed by atoms with Crippen molar-refractivity contribution < 1.29 is 30.6 Å². The van der Waals surface area contributed by atoms with Gasteiger partial charge in [0.25, 0.3) is 0 Å². The number of likely N-dealkylation sites (N-methyl/N-ethyl adjacent to an activating group) is 1. The fourth-order valence-electron chi connectivity index (χ4n) is 0.492. The van der Waals surface area contributed by atoms with E-state index in [4.69, 9.17) is 0 Å². The number of hydrogen-bond acceptors (Lipinski definition) is 4. The molecule has 9 heteroatoms. The third-order valence-electron chi connectivity index (χ3n) is 1.17. The lowest BCUT2D eigenvalue weighted by Gasteiger charge is -2.12. The summed E-state index contributed by atoms with van der Waals surface area (Å²) in [6.07, 6.45) is -1.72. The number of rotatable bonds is 3. The van der Waals surface area contributed by atoms with Crippen LogP contribution in [-0.4, -0.2) is 33.0 Å². The van der Waals surface area contributed by atoms with Crippen molar-refractivity contribution >= 4 is 16.0 Å². The lowest BCUT2D eigenvalue weighted by Crippen LogP contribution is -2.37. The maximum absolute atomic E-state index is 11.7. The highest BCUT2D eigenvalue weighted by atomic mass is 32.2. The van der Waals surface area contributed by atoms with Gasteiger partial charge >= 0.3 is 15.6 Å². The van der Waals surface area contributed by atoms with Crippen molar-refractivity contribution in [1.82, 2.24) is 5.32 Å². The van der Waals surface area contributed by atoms with Crippen molar-refractivity contribution in [1.29, 1.82) is 0 Å². The monoisotopic (exact) mass is 235 g/mol. The van der Waals surface area contributed by atoms with Crippen LogP contribution in [0.3, 0.4) is 0 Å². The first kappa shape index (κ1) is 13.2. The summed E-state index contributed by atoms with van der Waals surface area (Å²) in [6.45, 7) is 0.891. The van der Waals surface area contributed by atoms with E-state index in [2.05, 4.69) is 4.18 Å². The Kier molecular flexibility index (Phi) is 3.89. The van der Waals surface area contributed by atoms with Gasteiger partial charge in [0.05, 0.1) is 0 Å². The molecule has 5 nitrogen and oxygen atoms in total. The molecule has 14 heavy (non-hydrogen) atoms. The van der Waals surface area contributed by atoms with Crippen molar-refractivity contribution in [2.75, 3.05) is 7.05 Å². The molecule has 0 radical (unpaired) electrons. The number of hydrogen-bond donors (Lipinski definition) is 1. The van der Waals surface area contributed by atoms with Gasteiger partial charge in [0.15, 0.2) is 6.10 Å².